The summed E-state index contributed by atoms with van der Waals surface area (Å²) in [5.41, 5.74) is 1.80. The van der Waals surface area contributed by atoms with Gasteiger partial charge in [-0.2, -0.15) is 4.31 Å². The molecule has 0 saturated carbocycles. The zero-order valence-electron chi connectivity index (χ0n) is 13.8. The molecule has 25 heavy (non-hydrogen) atoms. The Bertz CT molecular complexity index is 994. The highest BCUT2D eigenvalue weighted by atomic mass is 32.2. The van der Waals surface area contributed by atoms with E-state index in [0.29, 0.717) is 5.82 Å². The van der Waals surface area contributed by atoms with Gasteiger partial charge in [-0.05, 0) is 30.3 Å². The third-order valence-electron chi connectivity index (χ3n) is 3.77. The molecule has 7 nitrogen and oxygen atoms in total. The van der Waals surface area contributed by atoms with Crippen molar-refractivity contribution in [3.05, 3.63) is 59.9 Å². The van der Waals surface area contributed by atoms with Gasteiger partial charge in [0, 0.05) is 7.05 Å². The van der Waals surface area contributed by atoms with Crippen molar-refractivity contribution in [3.8, 4) is 0 Å². The maximum Gasteiger partial charge on any atom is 0.337 e. The predicted octanol–water partition coefficient (Wildman–Crippen LogP) is 2.17. The van der Waals surface area contributed by atoms with Crippen LogP contribution in [0.25, 0.3) is 11.0 Å². The highest BCUT2D eigenvalue weighted by molar-refractivity contribution is 7.89. The van der Waals surface area contributed by atoms with Crippen molar-refractivity contribution in [2.24, 2.45) is 0 Å². The number of ether oxygens (including phenoxy) is 1. The summed E-state index contributed by atoms with van der Waals surface area (Å²) in [7, 11) is -1.06. The number of rotatable bonds is 5. The zero-order valence-corrected chi connectivity index (χ0v) is 14.6. The van der Waals surface area contributed by atoms with E-state index in [1.807, 2.05) is 24.3 Å². The zero-order chi connectivity index (χ0) is 18.0. The largest absolute Gasteiger partial charge is 0.465 e. The molecule has 0 bridgehead atoms. The number of methoxy groups -OCH3 is 1. The lowest BCUT2D eigenvalue weighted by molar-refractivity contribution is 0.0600. The van der Waals surface area contributed by atoms with Crippen molar-refractivity contribution in [1.29, 1.82) is 0 Å². The first-order valence-electron chi connectivity index (χ1n) is 7.50. The third kappa shape index (κ3) is 3.40. The minimum absolute atomic E-state index is 0.0222. The summed E-state index contributed by atoms with van der Waals surface area (Å²) in [6.07, 6.45) is 0. The number of aromatic amines is 1. The topological polar surface area (TPSA) is 92.4 Å². The second-order valence-electron chi connectivity index (χ2n) is 5.48. The number of sulfonamides is 1. The van der Waals surface area contributed by atoms with Crippen molar-refractivity contribution in [2.75, 3.05) is 14.2 Å². The maximum absolute atomic E-state index is 12.7. The van der Waals surface area contributed by atoms with E-state index in [4.69, 9.17) is 0 Å². The first-order chi connectivity index (χ1) is 11.9. The van der Waals surface area contributed by atoms with Gasteiger partial charge in [-0.3, -0.25) is 0 Å². The number of esters is 1. The minimum Gasteiger partial charge on any atom is -0.465 e. The molecule has 3 aromatic rings. The van der Waals surface area contributed by atoms with Crippen LogP contribution in [0.5, 0.6) is 0 Å². The first-order valence-corrected chi connectivity index (χ1v) is 8.94. The number of para-hydroxylation sites is 2. The van der Waals surface area contributed by atoms with Gasteiger partial charge in [0.15, 0.2) is 0 Å². The van der Waals surface area contributed by atoms with Crippen LogP contribution in [0, 0.1) is 0 Å². The summed E-state index contributed by atoms with van der Waals surface area (Å²) in [5.74, 6) is -0.0478. The summed E-state index contributed by atoms with van der Waals surface area (Å²) in [6, 6.07) is 13.2. The second kappa shape index (κ2) is 6.66. The van der Waals surface area contributed by atoms with Crippen LogP contribution < -0.4 is 0 Å². The van der Waals surface area contributed by atoms with Crippen molar-refractivity contribution in [2.45, 2.75) is 11.4 Å². The number of imidazole rings is 1. The van der Waals surface area contributed by atoms with Gasteiger partial charge in [-0.15, -0.1) is 0 Å². The van der Waals surface area contributed by atoms with Crippen molar-refractivity contribution >= 4 is 27.0 Å². The van der Waals surface area contributed by atoms with Crippen LogP contribution in [0.15, 0.2) is 53.4 Å². The normalized spacial score (nSPS) is 11.8. The molecule has 1 heterocycles. The molecule has 0 spiro atoms. The van der Waals surface area contributed by atoms with Crippen LogP contribution in [-0.2, 0) is 21.3 Å². The number of benzene rings is 2. The van der Waals surface area contributed by atoms with Gasteiger partial charge in [0.05, 0.1) is 35.1 Å². The summed E-state index contributed by atoms with van der Waals surface area (Å²) >= 11 is 0. The number of nitrogens with one attached hydrogen (secondary N) is 1. The summed E-state index contributed by atoms with van der Waals surface area (Å²) in [6.45, 7) is 0.0828. The third-order valence-corrected chi connectivity index (χ3v) is 5.57. The van der Waals surface area contributed by atoms with E-state index in [2.05, 4.69) is 14.7 Å². The van der Waals surface area contributed by atoms with Crippen LogP contribution >= 0.6 is 0 Å². The number of nitrogens with zero attached hydrogens (tertiary/aromatic N) is 2. The standard InChI is InChI=1S/C17H17N3O4S/c1-20(11-16-18-14-8-3-4-9-15(14)19-16)25(22,23)13-7-5-6-12(10-13)17(21)24-2/h3-10H,11H2,1-2H3,(H,18,19). The summed E-state index contributed by atoms with van der Waals surface area (Å²) in [5, 5.41) is 0. The number of hydrogen-bond acceptors (Lipinski definition) is 5. The quantitative estimate of drug-likeness (QED) is 0.705. The van der Waals surface area contributed by atoms with Crippen LogP contribution in [-0.4, -0.2) is 42.8 Å². The van der Waals surface area contributed by atoms with E-state index in [9.17, 15) is 13.2 Å². The van der Waals surface area contributed by atoms with Crippen LogP contribution in [0.1, 0.15) is 16.2 Å². The molecular weight excluding hydrogens is 342 g/mol. The summed E-state index contributed by atoms with van der Waals surface area (Å²) < 4.78 is 31.3. The van der Waals surface area contributed by atoms with E-state index in [0.717, 1.165) is 11.0 Å². The molecule has 0 aliphatic carbocycles. The molecule has 1 N–H and O–H groups in total. The number of H-pyrrole nitrogens is 1. The lowest BCUT2D eigenvalue weighted by Crippen LogP contribution is -2.27. The Hall–Kier alpha value is -2.71. The number of carbonyl (C=O) groups is 1. The molecular formula is C17H17N3O4S. The van der Waals surface area contributed by atoms with Gasteiger partial charge in [0.25, 0.3) is 0 Å². The SMILES string of the molecule is COC(=O)c1cccc(S(=O)(=O)N(C)Cc2nc3ccccc3[nH]2)c1. The fraction of sp³-hybridized carbons (Fsp3) is 0.176. The van der Waals surface area contributed by atoms with Crippen LogP contribution in [0.4, 0.5) is 0 Å². The molecule has 0 saturated heterocycles. The first kappa shape index (κ1) is 17.1. The van der Waals surface area contributed by atoms with Gasteiger partial charge >= 0.3 is 5.97 Å². The maximum atomic E-state index is 12.7. The number of hydrogen-bond donors (Lipinski definition) is 1. The minimum atomic E-state index is -3.77. The lowest BCUT2D eigenvalue weighted by Gasteiger charge is -2.16. The molecule has 0 aliphatic heterocycles. The molecule has 0 radical (unpaired) electrons. The number of aromatic nitrogens is 2. The molecule has 1 aromatic heterocycles. The van der Waals surface area contributed by atoms with Crippen molar-refractivity contribution < 1.29 is 17.9 Å². The van der Waals surface area contributed by atoms with E-state index in [1.165, 1.54) is 42.7 Å². The molecule has 3 rings (SSSR count). The van der Waals surface area contributed by atoms with E-state index < -0.39 is 16.0 Å². The van der Waals surface area contributed by atoms with Gasteiger partial charge in [0.2, 0.25) is 10.0 Å². The Morgan fingerprint density at radius 2 is 1.96 bits per heavy atom. The smallest absolute Gasteiger partial charge is 0.337 e. The van der Waals surface area contributed by atoms with Gasteiger partial charge in [-0.1, -0.05) is 18.2 Å². The molecule has 8 heteroatoms. The van der Waals surface area contributed by atoms with Crippen molar-refractivity contribution in [3.63, 3.8) is 0 Å². The molecule has 130 valence electrons. The Morgan fingerprint density at radius 3 is 2.68 bits per heavy atom. The van der Waals surface area contributed by atoms with E-state index in [-0.39, 0.29) is 17.0 Å². The molecule has 0 atom stereocenters. The molecule has 0 amide bonds. The Labute approximate surface area is 145 Å². The van der Waals surface area contributed by atoms with E-state index >= 15 is 0 Å². The van der Waals surface area contributed by atoms with Crippen LogP contribution in [0.3, 0.4) is 0 Å². The molecule has 0 fully saturated rings. The molecule has 0 unspecified atom stereocenters. The fourth-order valence-corrected chi connectivity index (χ4v) is 3.64. The predicted molar refractivity (Wildman–Crippen MR) is 92.5 cm³/mol. The lowest BCUT2D eigenvalue weighted by atomic mass is 10.2. The van der Waals surface area contributed by atoms with Gasteiger partial charge in [0.1, 0.15) is 5.82 Å². The second-order valence-corrected chi connectivity index (χ2v) is 7.53. The highest BCUT2D eigenvalue weighted by Gasteiger charge is 2.23. The monoisotopic (exact) mass is 359 g/mol. The van der Waals surface area contributed by atoms with Crippen LogP contribution in [0.2, 0.25) is 0 Å². The Kier molecular flexibility index (Phi) is 4.56. The van der Waals surface area contributed by atoms with Crippen molar-refractivity contribution in [1.82, 2.24) is 14.3 Å². The highest BCUT2D eigenvalue weighted by Crippen LogP contribution is 2.19. The van der Waals surface area contributed by atoms with Gasteiger partial charge in [-0.25, -0.2) is 18.2 Å². The average molecular weight is 359 g/mol. The molecule has 2 aromatic carbocycles. The fourth-order valence-electron chi connectivity index (χ4n) is 2.46. The van der Waals surface area contributed by atoms with Gasteiger partial charge < -0.3 is 9.72 Å². The Morgan fingerprint density at radius 1 is 1.20 bits per heavy atom. The summed E-state index contributed by atoms with van der Waals surface area (Å²) in [4.78, 5) is 19.1. The Balaban J connectivity index is 1.87. The number of fused-ring (bicyclic) bond motifs is 1. The molecule has 0 aliphatic rings. The van der Waals surface area contributed by atoms with E-state index in [1.54, 1.807) is 0 Å². The average Bonchev–Trinajstić information content (AvgIpc) is 3.03. The number of carbonyl (C=O) groups excluding carboxylic acids is 1.